The van der Waals surface area contributed by atoms with Gasteiger partial charge in [-0.25, -0.2) is 9.67 Å². The number of ether oxygens (including phenoxy) is 2. The lowest BCUT2D eigenvalue weighted by molar-refractivity contribution is -0.274. The standard InChI is InChI=1S/C24H17Cl2F3N6O2S/c1-36-18-10-19(25)21(20(26)11-18)32-23(38)33-31-12-14-2-4-15(5-3-14)22-30-13-35(34-22)16-6-8-17(9-7-16)37-24(27,28)29/h2-13H,1H3,(H2,32,33,38). The number of rotatable bonds is 7. The zero-order chi connectivity index (χ0) is 27.3. The molecule has 1 heterocycles. The second kappa shape index (κ2) is 11.7. The fourth-order valence-electron chi connectivity index (χ4n) is 3.13. The number of thiocarbonyl (C=S) groups is 1. The molecule has 196 valence electrons. The molecule has 0 radical (unpaired) electrons. The van der Waals surface area contributed by atoms with E-state index in [1.54, 1.807) is 42.6 Å². The van der Waals surface area contributed by atoms with Gasteiger partial charge in [0, 0.05) is 17.7 Å². The van der Waals surface area contributed by atoms with Gasteiger partial charge in [-0.15, -0.1) is 18.3 Å². The van der Waals surface area contributed by atoms with E-state index in [2.05, 4.69) is 30.7 Å². The SMILES string of the molecule is COc1cc(Cl)c(NC(=S)NN=Cc2ccc(-c3ncn(-c4ccc(OC(F)(F)F)cc4)n3)cc2)c(Cl)c1. The summed E-state index contributed by atoms with van der Waals surface area (Å²) < 4.78 is 47.4. The smallest absolute Gasteiger partial charge is 0.497 e. The van der Waals surface area contributed by atoms with Crippen LogP contribution in [0.4, 0.5) is 18.9 Å². The highest BCUT2D eigenvalue weighted by Crippen LogP contribution is 2.34. The molecule has 2 N–H and O–H groups in total. The second-order valence-electron chi connectivity index (χ2n) is 7.47. The van der Waals surface area contributed by atoms with E-state index in [9.17, 15) is 13.2 Å². The van der Waals surface area contributed by atoms with Gasteiger partial charge in [0.1, 0.15) is 17.8 Å². The second-order valence-corrected chi connectivity index (χ2v) is 8.69. The topological polar surface area (TPSA) is 85.6 Å². The molecule has 0 spiro atoms. The fourth-order valence-corrected chi connectivity index (χ4v) is 3.85. The Balaban J connectivity index is 1.35. The van der Waals surface area contributed by atoms with Gasteiger partial charge in [-0.2, -0.15) is 5.10 Å². The normalized spacial score (nSPS) is 11.4. The molecular formula is C24H17Cl2F3N6O2S. The van der Waals surface area contributed by atoms with Crippen molar-refractivity contribution in [2.45, 2.75) is 6.36 Å². The predicted molar refractivity (Wildman–Crippen MR) is 143 cm³/mol. The Kier molecular flexibility index (Phi) is 8.35. The summed E-state index contributed by atoms with van der Waals surface area (Å²) in [5, 5.41) is 12.2. The number of hydrogen-bond donors (Lipinski definition) is 2. The van der Waals surface area contributed by atoms with E-state index in [0.29, 0.717) is 33.0 Å². The molecule has 0 saturated heterocycles. The number of anilines is 1. The van der Waals surface area contributed by atoms with Gasteiger partial charge in [-0.1, -0.05) is 47.5 Å². The molecule has 3 aromatic carbocycles. The van der Waals surface area contributed by atoms with Crippen LogP contribution < -0.4 is 20.2 Å². The number of benzene rings is 3. The number of nitrogens with one attached hydrogen (secondary N) is 2. The molecule has 0 saturated carbocycles. The first-order chi connectivity index (χ1) is 18.1. The lowest BCUT2D eigenvalue weighted by atomic mass is 10.1. The molecule has 4 aromatic rings. The van der Waals surface area contributed by atoms with E-state index in [1.165, 1.54) is 42.4 Å². The van der Waals surface area contributed by atoms with Crippen LogP contribution in [0.1, 0.15) is 5.56 Å². The highest BCUT2D eigenvalue weighted by Gasteiger charge is 2.31. The minimum absolute atomic E-state index is 0.180. The number of methoxy groups -OCH3 is 1. The maximum absolute atomic E-state index is 12.3. The summed E-state index contributed by atoms with van der Waals surface area (Å²) in [6.07, 6.45) is -1.73. The first-order valence-corrected chi connectivity index (χ1v) is 11.8. The van der Waals surface area contributed by atoms with Crippen LogP contribution in [-0.4, -0.2) is 39.6 Å². The number of hydrazone groups is 1. The molecule has 0 aliphatic carbocycles. The zero-order valence-electron chi connectivity index (χ0n) is 19.3. The predicted octanol–water partition coefficient (Wildman–Crippen LogP) is 6.47. The van der Waals surface area contributed by atoms with Crippen molar-refractivity contribution in [1.82, 2.24) is 20.2 Å². The zero-order valence-corrected chi connectivity index (χ0v) is 21.7. The van der Waals surface area contributed by atoms with E-state index in [0.717, 1.165) is 11.1 Å². The molecule has 0 amide bonds. The summed E-state index contributed by atoms with van der Waals surface area (Å²) >= 11 is 17.6. The third-order valence-electron chi connectivity index (χ3n) is 4.87. The molecule has 0 aliphatic rings. The minimum Gasteiger partial charge on any atom is -0.497 e. The highest BCUT2D eigenvalue weighted by atomic mass is 35.5. The first kappa shape index (κ1) is 27.2. The van der Waals surface area contributed by atoms with E-state index >= 15 is 0 Å². The van der Waals surface area contributed by atoms with Crippen LogP contribution in [0.3, 0.4) is 0 Å². The first-order valence-electron chi connectivity index (χ1n) is 10.6. The van der Waals surface area contributed by atoms with Crippen LogP contribution in [0.15, 0.2) is 72.1 Å². The Hall–Kier alpha value is -3.87. The summed E-state index contributed by atoms with van der Waals surface area (Å²) in [7, 11) is 1.51. The van der Waals surface area contributed by atoms with E-state index in [1.807, 2.05) is 0 Å². The van der Waals surface area contributed by atoms with E-state index in [4.69, 9.17) is 40.2 Å². The summed E-state index contributed by atoms with van der Waals surface area (Å²) in [4.78, 5) is 4.26. The summed E-state index contributed by atoms with van der Waals surface area (Å²) in [6.45, 7) is 0. The lowest BCUT2D eigenvalue weighted by Gasteiger charge is -2.12. The highest BCUT2D eigenvalue weighted by molar-refractivity contribution is 7.80. The summed E-state index contributed by atoms with van der Waals surface area (Å²) in [5.74, 6) is 0.625. The largest absolute Gasteiger partial charge is 0.573 e. The van der Waals surface area contributed by atoms with Crippen LogP contribution >= 0.6 is 35.4 Å². The van der Waals surface area contributed by atoms with Crippen LogP contribution in [0.5, 0.6) is 11.5 Å². The Labute approximate surface area is 230 Å². The number of hydrogen-bond acceptors (Lipinski definition) is 6. The van der Waals surface area contributed by atoms with Crippen molar-refractivity contribution >= 4 is 52.4 Å². The Morgan fingerprint density at radius 1 is 1.03 bits per heavy atom. The molecule has 0 bridgehead atoms. The summed E-state index contributed by atoms with van der Waals surface area (Å²) in [5.41, 5.74) is 5.13. The van der Waals surface area contributed by atoms with Gasteiger partial charge in [0.2, 0.25) is 0 Å². The van der Waals surface area contributed by atoms with Gasteiger partial charge >= 0.3 is 6.36 Å². The van der Waals surface area contributed by atoms with Crippen molar-refractivity contribution in [3.63, 3.8) is 0 Å². The van der Waals surface area contributed by atoms with Crippen molar-refractivity contribution in [3.05, 3.63) is 82.6 Å². The van der Waals surface area contributed by atoms with Crippen LogP contribution in [-0.2, 0) is 0 Å². The Morgan fingerprint density at radius 2 is 1.68 bits per heavy atom. The molecule has 0 aliphatic heterocycles. The quantitative estimate of drug-likeness (QED) is 0.147. The molecule has 8 nitrogen and oxygen atoms in total. The molecule has 38 heavy (non-hydrogen) atoms. The average Bonchev–Trinajstić information content (AvgIpc) is 3.36. The van der Waals surface area contributed by atoms with E-state index in [-0.39, 0.29) is 10.9 Å². The van der Waals surface area contributed by atoms with E-state index < -0.39 is 6.36 Å². The molecule has 14 heteroatoms. The lowest BCUT2D eigenvalue weighted by Crippen LogP contribution is -2.24. The van der Waals surface area contributed by atoms with Crippen molar-refractivity contribution in [2.24, 2.45) is 5.10 Å². The third-order valence-corrected chi connectivity index (χ3v) is 5.65. The van der Waals surface area contributed by atoms with Gasteiger partial charge in [-0.05, 0) is 42.0 Å². The molecular weight excluding hydrogens is 564 g/mol. The summed E-state index contributed by atoms with van der Waals surface area (Å²) in [6, 6.07) is 15.7. The molecule has 1 aromatic heterocycles. The average molecular weight is 581 g/mol. The number of alkyl halides is 3. The molecule has 0 fully saturated rings. The maximum atomic E-state index is 12.3. The molecule has 4 rings (SSSR count). The van der Waals surface area contributed by atoms with Gasteiger partial charge in [0.15, 0.2) is 10.9 Å². The van der Waals surface area contributed by atoms with Crippen LogP contribution in [0, 0.1) is 0 Å². The molecule has 0 atom stereocenters. The Morgan fingerprint density at radius 3 is 2.29 bits per heavy atom. The molecule has 0 unspecified atom stereocenters. The fraction of sp³-hybridized carbons (Fsp3) is 0.0833. The van der Waals surface area contributed by atoms with Gasteiger partial charge < -0.3 is 14.8 Å². The van der Waals surface area contributed by atoms with Crippen molar-refractivity contribution in [3.8, 4) is 28.6 Å². The Bertz CT molecular complexity index is 1440. The van der Waals surface area contributed by atoms with Crippen molar-refractivity contribution in [1.29, 1.82) is 0 Å². The van der Waals surface area contributed by atoms with Gasteiger partial charge in [0.05, 0.1) is 34.7 Å². The minimum atomic E-state index is -4.75. The number of aromatic nitrogens is 3. The van der Waals surface area contributed by atoms with Crippen LogP contribution in [0.25, 0.3) is 17.1 Å². The van der Waals surface area contributed by atoms with Crippen molar-refractivity contribution in [2.75, 3.05) is 12.4 Å². The third kappa shape index (κ3) is 7.12. The van der Waals surface area contributed by atoms with Gasteiger partial charge in [0.25, 0.3) is 0 Å². The van der Waals surface area contributed by atoms with Crippen LogP contribution in [0.2, 0.25) is 10.0 Å². The van der Waals surface area contributed by atoms with Crippen molar-refractivity contribution < 1.29 is 22.6 Å². The number of halogens is 5. The van der Waals surface area contributed by atoms with Gasteiger partial charge in [-0.3, -0.25) is 5.43 Å². The monoisotopic (exact) mass is 580 g/mol. The maximum Gasteiger partial charge on any atom is 0.573 e. The number of nitrogens with zero attached hydrogens (tertiary/aromatic N) is 4.